The van der Waals surface area contributed by atoms with Crippen molar-refractivity contribution in [3.8, 4) is 0 Å². The van der Waals surface area contributed by atoms with Gasteiger partial charge in [-0.2, -0.15) is 0 Å². The standard InChI is InChI=1S/C21H25NO/c1-15-14-21(12-6-3-7-13-21)22(16(2)23)19-11-10-17-8-4-5-9-18(17)20(15)19/h4-5,8-11,15H,3,6-7,12-14H2,1-2H3/t15-/m1/s1. The lowest BCUT2D eigenvalue weighted by molar-refractivity contribution is -0.118. The van der Waals surface area contributed by atoms with E-state index in [0.717, 1.165) is 24.9 Å². The second-order valence-electron chi connectivity index (χ2n) is 7.46. The molecule has 1 atom stereocenters. The van der Waals surface area contributed by atoms with Crippen LogP contribution in [0.3, 0.4) is 0 Å². The fourth-order valence-electron chi connectivity index (χ4n) is 5.16. The number of fused-ring (bicyclic) bond motifs is 3. The summed E-state index contributed by atoms with van der Waals surface area (Å²) in [5, 5.41) is 2.59. The van der Waals surface area contributed by atoms with E-state index in [9.17, 15) is 4.79 Å². The van der Waals surface area contributed by atoms with E-state index < -0.39 is 0 Å². The van der Waals surface area contributed by atoms with E-state index in [4.69, 9.17) is 0 Å². The van der Waals surface area contributed by atoms with E-state index in [0.29, 0.717) is 5.92 Å². The van der Waals surface area contributed by atoms with Gasteiger partial charge < -0.3 is 4.90 Å². The molecule has 23 heavy (non-hydrogen) atoms. The number of carbonyl (C=O) groups is 1. The maximum atomic E-state index is 12.6. The molecule has 1 aliphatic carbocycles. The van der Waals surface area contributed by atoms with Crippen LogP contribution >= 0.6 is 0 Å². The van der Waals surface area contributed by atoms with E-state index in [1.54, 1.807) is 6.92 Å². The first kappa shape index (κ1) is 14.7. The van der Waals surface area contributed by atoms with Crippen molar-refractivity contribution < 1.29 is 4.79 Å². The van der Waals surface area contributed by atoms with E-state index in [2.05, 4.69) is 48.2 Å². The summed E-state index contributed by atoms with van der Waals surface area (Å²) in [6, 6.07) is 12.9. The van der Waals surface area contributed by atoms with Gasteiger partial charge in [-0.1, -0.05) is 56.5 Å². The number of anilines is 1. The van der Waals surface area contributed by atoms with Crippen molar-refractivity contribution in [2.45, 2.75) is 63.8 Å². The van der Waals surface area contributed by atoms with Crippen LogP contribution in [0.2, 0.25) is 0 Å². The van der Waals surface area contributed by atoms with Crippen molar-refractivity contribution >= 4 is 22.4 Å². The van der Waals surface area contributed by atoms with Gasteiger partial charge in [0.25, 0.3) is 0 Å². The van der Waals surface area contributed by atoms with Gasteiger partial charge in [-0.05, 0) is 47.6 Å². The summed E-state index contributed by atoms with van der Waals surface area (Å²) in [5.74, 6) is 0.708. The molecule has 1 heterocycles. The van der Waals surface area contributed by atoms with Crippen molar-refractivity contribution in [3.05, 3.63) is 42.0 Å². The SMILES string of the molecule is CC(=O)N1c2ccc3ccccc3c2[C@H](C)CC12CCCCC2. The van der Waals surface area contributed by atoms with Gasteiger partial charge >= 0.3 is 0 Å². The average molecular weight is 307 g/mol. The molecular formula is C21H25NO. The van der Waals surface area contributed by atoms with Gasteiger partial charge in [0.05, 0.1) is 0 Å². The Morgan fingerprint density at radius 3 is 2.57 bits per heavy atom. The van der Waals surface area contributed by atoms with E-state index in [1.165, 1.54) is 35.6 Å². The predicted molar refractivity (Wildman–Crippen MR) is 96.0 cm³/mol. The molecule has 1 spiro atoms. The Kier molecular flexibility index (Phi) is 3.44. The van der Waals surface area contributed by atoms with Gasteiger partial charge in [-0.25, -0.2) is 0 Å². The number of benzene rings is 2. The zero-order valence-electron chi connectivity index (χ0n) is 14.1. The summed E-state index contributed by atoms with van der Waals surface area (Å²) in [7, 11) is 0. The molecule has 0 bridgehead atoms. The number of carbonyl (C=O) groups excluding carboxylic acids is 1. The largest absolute Gasteiger partial charge is 0.306 e. The highest BCUT2D eigenvalue weighted by Gasteiger charge is 2.46. The summed E-state index contributed by atoms with van der Waals surface area (Å²) in [6.07, 6.45) is 7.23. The Labute approximate surface area is 138 Å². The third kappa shape index (κ3) is 2.19. The Balaban J connectivity index is 1.95. The molecule has 2 aromatic carbocycles. The Bertz CT molecular complexity index is 758. The molecule has 1 fully saturated rings. The fraction of sp³-hybridized carbons (Fsp3) is 0.476. The highest BCUT2D eigenvalue weighted by Crippen LogP contribution is 2.51. The molecule has 0 N–H and O–H groups in total. The van der Waals surface area contributed by atoms with Crippen molar-refractivity contribution in [3.63, 3.8) is 0 Å². The lowest BCUT2D eigenvalue weighted by Gasteiger charge is -2.52. The summed E-state index contributed by atoms with van der Waals surface area (Å²) in [4.78, 5) is 14.8. The van der Waals surface area contributed by atoms with Gasteiger partial charge in [0.1, 0.15) is 0 Å². The first-order chi connectivity index (χ1) is 11.1. The van der Waals surface area contributed by atoms with Crippen LogP contribution in [0.15, 0.2) is 36.4 Å². The maximum absolute atomic E-state index is 12.6. The molecule has 0 radical (unpaired) electrons. The molecule has 0 saturated heterocycles. The minimum absolute atomic E-state index is 0.0545. The first-order valence-corrected chi connectivity index (χ1v) is 8.95. The van der Waals surface area contributed by atoms with E-state index in [1.807, 2.05) is 0 Å². The van der Waals surface area contributed by atoms with Gasteiger partial charge in [-0.3, -0.25) is 4.79 Å². The molecule has 1 saturated carbocycles. The van der Waals surface area contributed by atoms with Crippen LogP contribution in [0.4, 0.5) is 5.69 Å². The van der Waals surface area contributed by atoms with Crippen molar-refractivity contribution in [2.24, 2.45) is 0 Å². The van der Waals surface area contributed by atoms with Gasteiger partial charge in [0.2, 0.25) is 5.91 Å². The van der Waals surface area contributed by atoms with Crippen LogP contribution in [0.1, 0.15) is 63.9 Å². The topological polar surface area (TPSA) is 20.3 Å². The molecule has 0 unspecified atom stereocenters. The summed E-state index contributed by atoms with van der Waals surface area (Å²) < 4.78 is 0. The lowest BCUT2D eigenvalue weighted by atomic mass is 9.69. The third-order valence-electron chi connectivity index (χ3n) is 5.94. The first-order valence-electron chi connectivity index (χ1n) is 8.95. The monoisotopic (exact) mass is 307 g/mol. The van der Waals surface area contributed by atoms with Crippen LogP contribution in [-0.4, -0.2) is 11.4 Å². The predicted octanol–water partition coefficient (Wildman–Crippen LogP) is 5.40. The second-order valence-corrected chi connectivity index (χ2v) is 7.46. The third-order valence-corrected chi connectivity index (χ3v) is 5.94. The van der Waals surface area contributed by atoms with Gasteiger partial charge in [-0.15, -0.1) is 0 Å². The Hall–Kier alpha value is -1.83. The number of rotatable bonds is 0. The molecule has 2 aromatic rings. The Morgan fingerprint density at radius 1 is 1.09 bits per heavy atom. The smallest absolute Gasteiger partial charge is 0.224 e. The number of hydrogen-bond acceptors (Lipinski definition) is 1. The van der Waals surface area contributed by atoms with Gasteiger partial charge in [0.15, 0.2) is 0 Å². The number of hydrogen-bond donors (Lipinski definition) is 0. The average Bonchev–Trinajstić information content (AvgIpc) is 2.54. The van der Waals surface area contributed by atoms with Crippen LogP contribution in [0, 0.1) is 0 Å². The van der Waals surface area contributed by atoms with Crippen molar-refractivity contribution in [1.82, 2.24) is 0 Å². The Morgan fingerprint density at radius 2 is 1.83 bits per heavy atom. The molecule has 4 rings (SSSR count). The molecule has 120 valence electrons. The van der Waals surface area contributed by atoms with Crippen molar-refractivity contribution in [2.75, 3.05) is 4.90 Å². The van der Waals surface area contributed by atoms with Gasteiger partial charge in [0, 0.05) is 18.2 Å². The second kappa shape index (κ2) is 5.36. The lowest BCUT2D eigenvalue weighted by Crippen LogP contribution is -2.55. The number of nitrogens with zero attached hydrogens (tertiary/aromatic N) is 1. The molecule has 2 heteroatoms. The normalized spacial score (nSPS) is 23.0. The molecule has 1 aliphatic heterocycles. The number of amides is 1. The maximum Gasteiger partial charge on any atom is 0.224 e. The van der Waals surface area contributed by atoms with Crippen LogP contribution < -0.4 is 4.90 Å². The summed E-state index contributed by atoms with van der Waals surface area (Å²) in [5.41, 5.74) is 2.59. The van der Waals surface area contributed by atoms with Crippen LogP contribution in [0.25, 0.3) is 10.8 Å². The van der Waals surface area contributed by atoms with E-state index in [-0.39, 0.29) is 11.4 Å². The zero-order chi connectivity index (χ0) is 16.0. The minimum atomic E-state index is 0.0545. The molecule has 2 aliphatic rings. The van der Waals surface area contributed by atoms with Crippen molar-refractivity contribution in [1.29, 1.82) is 0 Å². The fourth-order valence-corrected chi connectivity index (χ4v) is 5.16. The zero-order valence-corrected chi connectivity index (χ0v) is 14.1. The molecule has 0 aromatic heterocycles. The highest BCUT2D eigenvalue weighted by atomic mass is 16.2. The highest BCUT2D eigenvalue weighted by molar-refractivity contribution is 6.00. The van der Waals surface area contributed by atoms with Crippen LogP contribution in [-0.2, 0) is 4.79 Å². The summed E-state index contributed by atoms with van der Waals surface area (Å²) >= 11 is 0. The molecule has 1 amide bonds. The molecular weight excluding hydrogens is 282 g/mol. The van der Waals surface area contributed by atoms with E-state index >= 15 is 0 Å². The minimum Gasteiger partial charge on any atom is -0.306 e. The van der Waals surface area contributed by atoms with Crippen LogP contribution in [0.5, 0.6) is 0 Å². The summed E-state index contributed by atoms with van der Waals surface area (Å²) in [6.45, 7) is 4.09. The molecule has 2 nitrogen and oxygen atoms in total. The quantitative estimate of drug-likeness (QED) is 0.638.